The summed E-state index contributed by atoms with van der Waals surface area (Å²) in [6, 6.07) is 12.2. The topological polar surface area (TPSA) is 88.6 Å². The molecule has 33 heavy (non-hydrogen) atoms. The molecule has 0 radical (unpaired) electrons. The van der Waals surface area contributed by atoms with Gasteiger partial charge in [0.2, 0.25) is 15.9 Å². The van der Waals surface area contributed by atoms with Crippen LogP contribution in [-0.4, -0.2) is 43.8 Å². The number of hydrogen-bond acceptors (Lipinski definition) is 6. The standard InChI is InChI=1S/C24H31N3O4S2/c1-16(2)14-27(15-17(3)4)33(29,30)20-10-11-21-22(13-20)32-24(25-21)26-23(28)12-18-6-8-19(31-5)9-7-18/h6-11,13,16-17H,12,14-15H2,1-5H3,(H,25,26,28). The molecule has 0 atom stereocenters. The van der Waals surface area contributed by atoms with Gasteiger partial charge in [-0.2, -0.15) is 4.31 Å². The van der Waals surface area contributed by atoms with Crippen LogP contribution in [0.3, 0.4) is 0 Å². The Morgan fingerprint density at radius 1 is 1.06 bits per heavy atom. The maximum Gasteiger partial charge on any atom is 0.243 e. The highest BCUT2D eigenvalue weighted by atomic mass is 32.2. The second kappa shape index (κ2) is 10.6. The van der Waals surface area contributed by atoms with Gasteiger partial charge in [0.1, 0.15) is 5.75 Å². The first-order valence-corrected chi connectivity index (χ1v) is 13.2. The van der Waals surface area contributed by atoms with Gasteiger partial charge in [-0.1, -0.05) is 51.2 Å². The lowest BCUT2D eigenvalue weighted by molar-refractivity contribution is -0.115. The van der Waals surface area contributed by atoms with Crippen LogP contribution in [0.25, 0.3) is 10.2 Å². The van der Waals surface area contributed by atoms with E-state index in [2.05, 4.69) is 10.3 Å². The van der Waals surface area contributed by atoms with Crippen LogP contribution < -0.4 is 10.1 Å². The van der Waals surface area contributed by atoms with E-state index in [1.807, 2.05) is 52.0 Å². The summed E-state index contributed by atoms with van der Waals surface area (Å²) in [6.07, 6.45) is 0.207. The number of methoxy groups -OCH3 is 1. The van der Waals surface area contributed by atoms with Crippen LogP contribution in [0, 0.1) is 11.8 Å². The summed E-state index contributed by atoms with van der Waals surface area (Å²) < 4.78 is 34.0. The Morgan fingerprint density at radius 2 is 1.70 bits per heavy atom. The third-order valence-electron chi connectivity index (χ3n) is 4.91. The van der Waals surface area contributed by atoms with E-state index in [-0.39, 0.29) is 29.1 Å². The Labute approximate surface area is 199 Å². The van der Waals surface area contributed by atoms with Crippen LogP contribution in [0.2, 0.25) is 0 Å². The van der Waals surface area contributed by atoms with Gasteiger partial charge in [-0.3, -0.25) is 4.79 Å². The largest absolute Gasteiger partial charge is 0.497 e. The van der Waals surface area contributed by atoms with Gasteiger partial charge in [-0.25, -0.2) is 13.4 Å². The molecule has 0 spiro atoms. The number of carbonyl (C=O) groups is 1. The lowest BCUT2D eigenvalue weighted by Gasteiger charge is -2.25. The van der Waals surface area contributed by atoms with Crippen LogP contribution in [-0.2, 0) is 21.2 Å². The fourth-order valence-corrected chi connectivity index (χ4v) is 6.24. The lowest BCUT2D eigenvalue weighted by Crippen LogP contribution is -2.37. The molecule has 9 heteroatoms. The Hall–Kier alpha value is -2.49. The SMILES string of the molecule is COc1ccc(CC(=O)Nc2nc3ccc(S(=O)(=O)N(CC(C)C)CC(C)C)cc3s2)cc1. The number of nitrogens with zero attached hydrogens (tertiary/aromatic N) is 2. The molecule has 0 bridgehead atoms. The highest BCUT2D eigenvalue weighted by Gasteiger charge is 2.26. The number of sulfonamides is 1. The zero-order valence-electron chi connectivity index (χ0n) is 19.7. The molecule has 0 saturated heterocycles. The molecule has 178 valence electrons. The maximum atomic E-state index is 13.3. The van der Waals surface area contributed by atoms with Crippen molar-refractivity contribution < 1.29 is 17.9 Å². The van der Waals surface area contributed by atoms with Crippen LogP contribution in [0.4, 0.5) is 5.13 Å². The zero-order valence-corrected chi connectivity index (χ0v) is 21.3. The number of amides is 1. The fraction of sp³-hybridized carbons (Fsp3) is 0.417. The molecule has 3 rings (SSSR count). The first-order chi connectivity index (χ1) is 15.6. The van der Waals surface area contributed by atoms with E-state index >= 15 is 0 Å². The van der Waals surface area contributed by atoms with Gasteiger partial charge in [0.25, 0.3) is 0 Å². The molecule has 0 aliphatic rings. The number of nitrogens with one attached hydrogen (secondary N) is 1. The highest BCUT2D eigenvalue weighted by molar-refractivity contribution is 7.89. The maximum absolute atomic E-state index is 13.3. The van der Waals surface area contributed by atoms with Crippen molar-refractivity contribution in [1.82, 2.24) is 9.29 Å². The van der Waals surface area contributed by atoms with Crippen LogP contribution in [0.15, 0.2) is 47.4 Å². The Morgan fingerprint density at radius 3 is 2.27 bits per heavy atom. The minimum atomic E-state index is -3.63. The molecule has 1 amide bonds. The number of anilines is 1. The third-order valence-corrected chi connectivity index (χ3v) is 7.67. The lowest BCUT2D eigenvalue weighted by atomic mass is 10.1. The minimum absolute atomic E-state index is 0.188. The molecule has 2 aromatic carbocycles. The predicted molar refractivity (Wildman–Crippen MR) is 133 cm³/mol. The smallest absolute Gasteiger partial charge is 0.243 e. The number of ether oxygens (including phenoxy) is 1. The summed E-state index contributed by atoms with van der Waals surface area (Å²) in [5, 5.41) is 3.26. The summed E-state index contributed by atoms with van der Waals surface area (Å²) in [6.45, 7) is 8.97. The third kappa shape index (κ3) is 6.52. The number of benzene rings is 2. The van der Waals surface area contributed by atoms with Crippen molar-refractivity contribution in [3.8, 4) is 5.75 Å². The monoisotopic (exact) mass is 489 g/mol. The quantitative estimate of drug-likeness (QED) is 0.442. The molecule has 7 nitrogen and oxygen atoms in total. The minimum Gasteiger partial charge on any atom is -0.497 e. The molecule has 0 fully saturated rings. The van der Waals surface area contributed by atoms with Crippen LogP contribution in [0.1, 0.15) is 33.3 Å². The summed E-state index contributed by atoms with van der Waals surface area (Å²) in [5.74, 6) is 0.986. The van der Waals surface area contributed by atoms with E-state index in [1.54, 1.807) is 29.6 Å². The number of thiazole rings is 1. The molecule has 1 heterocycles. The molecule has 0 unspecified atom stereocenters. The molecule has 0 saturated carbocycles. The Bertz CT molecular complexity index is 1190. The fourth-order valence-electron chi connectivity index (χ4n) is 3.45. The molecule has 0 aliphatic carbocycles. The van der Waals surface area contributed by atoms with Gasteiger partial charge >= 0.3 is 0 Å². The summed E-state index contributed by atoms with van der Waals surface area (Å²) in [4.78, 5) is 17.1. The molecular weight excluding hydrogens is 458 g/mol. The summed E-state index contributed by atoms with van der Waals surface area (Å²) in [7, 11) is -2.03. The van der Waals surface area contributed by atoms with Crippen molar-refractivity contribution in [2.75, 3.05) is 25.5 Å². The van der Waals surface area contributed by atoms with E-state index in [0.29, 0.717) is 28.4 Å². The molecule has 1 N–H and O–H groups in total. The van der Waals surface area contributed by atoms with Crippen molar-refractivity contribution in [3.63, 3.8) is 0 Å². The Balaban J connectivity index is 1.78. The van der Waals surface area contributed by atoms with Crippen LogP contribution in [0.5, 0.6) is 5.75 Å². The molecule has 1 aromatic heterocycles. The number of fused-ring (bicyclic) bond motifs is 1. The van der Waals surface area contributed by atoms with Gasteiger partial charge in [0, 0.05) is 13.1 Å². The Kier molecular flexibility index (Phi) is 8.10. The van der Waals surface area contributed by atoms with E-state index < -0.39 is 10.0 Å². The normalized spacial score (nSPS) is 12.1. The number of hydrogen-bond donors (Lipinski definition) is 1. The summed E-state index contributed by atoms with van der Waals surface area (Å²) >= 11 is 1.27. The van der Waals surface area contributed by atoms with Crippen molar-refractivity contribution in [1.29, 1.82) is 0 Å². The number of rotatable bonds is 10. The molecular formula is C24H31N3O4S2. The van der Waals surface area contributed by atoms with Gasteiger partial charge in [0.15, 0.2) is 5.13 Å². The van der Waals surface area contributed by atoms with Crippen LogP contribution >= 0.6 is 11.3 Å². The van der Waals surface area contributed by atoms with E-state index in [1.165, 1.54) is 11.3 Å². The number of aromatic nitrogens is 1. The van der Waals surface area contributed by atoms with E-state index in [9.17, 15) is 13.2 Å². The van der Waals surface area contributed by atoms with E-state index in [0.717, 1.165) is 11.3 Å². The van der Waals surface area contributed by atoms with Crippen molar-refractivity contribution in [2.24, 2.45) is 11.8 Å². The van der Waals surface area contributed by atoms with Crippen molar-refractivity contribution in [3.05, 3.63) is 48.0 Å². The highest BCUT2D eigenvalue weighted by Crippen LogP contribution is 2.30. The van der Waals surface area contributed by atoms with Gasteiger partial charge in [0.05, 0.1) is 28.6 Å². The average molecular weight is 490 g/mol. The van der Waals surface area contributed by atoms with E-state index in [4.69, 9.17) is 4.74 Å². The first kappa shape index (κ1) is 25.1. The predicted octanol–water partition coefficient (Wildman–Crippen LogP) is 4.79. The second-order valence-electron chi connectivity index (χ2n) is 8.83. The van der Waals surface area contributed by atoms with Gasteiger partial charge < -0.3 is 10.1 Å². The molecule has 3 aromatic rings. The summed E-state index contributed by atoms with van der Waals surface area (Å²) in [5.41, 5.74) is 1.51. The molecule has 0 aliphatic heterocycles. The first-order valence-electron chi connectivity index (χ1n) is 10.9. The second-order valence-corrected chi connectivity index (χ2v) is 11.8. The number of carbonyl (C=O) groups excluding carboxylic acids is 1. The van der Waals surface area contributed by atoms with Gasteiger partial charge in [-0.15, -0.1) is 0 Å². The zero-order chi connectivity index (χ0) is 24.2. The average Bonchev–Trinajstić information content (AvgIpc) is 3.14. The van der Waals surface area contributed by atoms with Gasteiger partial charge in [-0.05, 0) is 47.7 Å². The van der Waals surface area contributed by atoms with Crippen molar-refractivity contribution >= 4 is 42.6 Å². The van der Waals surface area contributed by atoms with Crippen molar-refractivity contribution in [2.45, 2.75) is 39.0 Å².